The lowest BCUT2D eigenvalue weighted by Gasteiger charge is -2.32. The van der Waals surface area contributed by atoms with Gasteiger partial charge in [-0.2, -0.15) is 0 Å². The number of piperidine rings is 1. The number of nitrogens with zero attached hydrogens (tertiary/aromatic N) is 4. The minimum atomic E-state index is -0.323. The number of aryl methyl sites for hydroxylation is 1. The zero-order valence-electron chi connectivity index (χ0n) is 13.1. The number of nitrogens with two attached hydrogens (primary N) is 1. The first-order chi connectivity index (χ1) is 11.0. The fourth-order valence-corrected chi connectivity index (χ4v) is 2.89. The number of benzene rings is 1. The maximum atomic E-state index is 13.4. The largest absolute Gasteiger partial charge is 0.339 e. The fraction of sp³-hybridized carbons (Fsp3) is 0.438. The lowest BCUT2D eigenvalue weighted by atomic mass is 10.1. The summed E-state index contributed by atoms with van der Waals surface area (Å²) in [4.78, 5) is 14.5. The molecule has 1 aromatic heterocycles. The molecule has 1 atom stereocenters. The standard InChI is InChI=1S/C16H20FN5O/c1-11-15(23)22(9-12-4-2-5-13(17)8-12)16(20-19-11)21-7-3-6-14(18)10-21/h2,4-5,8,14H,3,6-7,9-10,18H2,1H3/t14-/m1/s1. The third-order valence-corrected chi connectivity index (χ3v) is 4.06. The van der Waals surface area contributed by atoms with Gasteiger partial charge in [-0.3, -0.25) is 9.36 Å². The van der Waals surface area contributed by atoms with Gasteiger partial charge < -0.3 is 10.6 Å². The highest BCUT2D eigenvalue weighted by Gasteiger charge is 2.22. The Morgan fingerprint density at radius 2 is 2.22 bits per heavy atom. The Morgan fingerprint density at radius 3 is 2.96 bits per heavy atom. The van der Waals surface area contributed by atoms with E-state index in [-0.39, 0.29) is 24.0 Å². The fourth-order valence-electron chi connectivity index (χ4n) is 2.89. The molecule has 3 rings (SSSR count). The van der Waals surface area contributed by atoms with Gasteiger partial charge in [-0.05, 0) is 37.5 Å². The van der Waals surface area contributed by atoms with Crippen LogP contribution in [0.1, 0.15) is 24.1 Å². The molecule has 1 aliphatic heterocycles. The van der Waals surface area contributed by atoms with E-state index in [1.807, 2.05) is 4.90 Å². The van der Waals surface area contributed by atoms with Crippen LogP contribution in [0.3, 0.4) is 0 Å². The van der Waals surface area contributed by atoms with Crippen LogP contribution in [0, 0.1) is 12.7 Å². The van der Waals surface area contributed by atoms with Gasteiger partial charge in [0.05, 0.1) is 6.54 Å². The monoisotopic (exact) mass is 317 g/mol. The molecule has 23 heavy (non-hydrogen) atoms. The first-order valence-corrected chi connectivity index (χ1v) is 7.73. The van der Waals surface area contributed by atoms with E-state index >= 15 is 0 Å². The Balaban J connectivity index is 2.00. The highest BCUT2D eigenvalue weighted by molar-refractivity contribution is 5.33. The SMILES string of the molecule is Cc1nnc(N2CCC[C@@H](N)C2)n(Cc2cccc(F)c2)c1=O. The van der Waals surface area contributed by atoms with Crippen LogP contribution in [0.15, 0.2) is 29.1 Å². The zero-order chi connectivity index (χ0) is 16.4. The van der Waals surface area contributed by atoms with Crippen LogP contribution >= 0.6 is 0 Å². The lowest BCUT2D eigenvalue weighted by Crippen LogP contribution is -2.46. The van der Waals surface area contributed by atoms with Gasteiger partial charge in [-0.25, -0.2) is 4.39 Å². The summed E-state index contributed by atoms with van der Waals surface area (Å²) in [5, 5.41) is 8.16. The topological polar surface area (TPSA) is 77.0 Å². The van der Waals surface area contributed by atoms with Gasteiger partial charge in [0.1, 0.15) is 11.5 Å². The van der Waals surface area contributed by atoms with Crippen LogP contribution in [0.5, 0.6) is 0 Å². The molecule has 0 aliphatic carbocycles. The number of halogens is 1. The van der Waals surface area contributed by atoms with E-state index in [1.165, 1.54) is 12.1 Å². The summed E-state index contributed by atoms with van der Waals surface area (Å²) < 4.78 is 15.0. The third-order valence-electron chi connectivity index (χ3n) is 4.06. The second-order valence-electron chi connectivity index (χ2n) is 5.95. The second-order valence-corrected chi connectivity index (χ2v) is 5.95. The summed E-state index contributed by atoms with van der Waals surface area (Å²) in [5.74, 6) is 0.177. The van der Waals surface area contributed by atoms with E-state index in [2.05, 4.69) is 10.2 Å². The van der Waals surface area contributed by atoms with Crippen LogP contribution < -0.4 is 16.2 Å². The molecule has 0 bridgehead atoms. The predicted octanol–water partition coefficient (Wildman–Crippen LogP) is 1.06. The van der Waals surface area contributed by atoms with Crippen LogP contribution in [0.2, 0.25) is 0 Å². The minimum absolute atomic E-state index is 0.0598. The number of anilines is 1. The Kier molecular flexibility index (Phi) is 4.38. The minimum Gasteiger partial charge on any atom is -0.339 e. The van der Waals surface area contributed by atoms with Gasteiger partial charge >= 0.3 is 0 Å². The second kappa shape index (κ2) is 6.45. The molecule has 0 unspecified atom stereocenters. The summed E-state index contributed by atoms with van der Waals surface area (Å²) in [6.45, 7) is 3.31. The van der Waals surface area contributed by atoms with Gasteiger partial charge in [-0.1, -0.05) is 12.1 Å². The van der Waals surface area contributed by atoms with E-state index in [0.717, 1.165) is 19.4 Å². The Labute approximate surface area is 133 Å². The molecule has 122 valence electrons. The lowest BCUT2D eigenvalue weighted by molar-refractivity contribution is 0.487. The average molecular weight is 317 g/mol. The molecule has 0 saturated carbocycles. The van der Waals surface area contributed by atoms with Crippen molar-refractivity contribution in [2.45, 2.75) is 32.4 Å². The van der Waals surface area contributed by atoms with E-state index in [1.54, 1.807) is 23.6 Å². The molecule has 2 heterocycles. The molecule has 2 N–H and O–H groups in total. The molecule has 1 saturated heterocycles. The Hall–Kier alpha value is -2.28. The number of hydrogen-bond donors (Lipinski definition) is 1. The molecule has 1 aliphatic rings. The average Bonchev–Trinajstić information content (AvgIpc) is 2.52. The van der Waals surface area contributed by atoms with Crippen molar-refractivity contribution < 1.29 is 4.39 Å². The zero-order valence-corrected chi connectivity index (χ0v) is 13.1. The highest BCUT2D eigenvalue weighted by atomic mass is 19.1. The van der Waals surface area contributed by atoms with Crippen LogP contribution in [-0.2, 0) is 6.54 Å². The summed E-state index contributed by atoms with van der Waals surface area (Å²) in [6.07, 6.45) is 1.91. The van der Waals surface area contributed by atoms with Gasteiger partial charge in [0.2, 0.25) is 5.95 Å². The predicted molar refractivity (Wildman–Crippen MR) is 86.0 cm³/mol. The molecule has 1 fully saturated rings. The molecule has 6 nitrogen and oxygen atoms in total. The van der Waals surface area contributed by atoms with Crippen molar-refractivity contribution in [2.24, 2.45) is 5.73 Å². The number of rotatable bonds is 3. The smallest absolute Gasteiger partial charge is 0.276 e. The van der Waals surface area contributed by atoms with Crippen LogP contribution in [0.4, 0.5) is 10.3 Å². The van der Waals surface area contributed by atoms with Crippen molar-refractivity contribution in [2.75, 3.05) is 18.0 Å². The van der Waals surface area contributed by atoms with Gasteiger partial charge in [0, 0.05) is 19.1 Å². The molecule has 7 heteroatoms. The molecule has 0 radical (unpaired) electrons. The number of aromatic nitrogens is 3. The first kappa shape index (κ1) is 15.6. The maximum absolute atomic E-state index is 13.4. The van der Waals surface area contributed by atoms with Crippen LogP contribution in [-0.4, -0.2) is 33.9 Å². The summed E-state index contributed by atoms with van der Waals surface area (Å²) >= 11 is 0. The van der Waals surface area contributed by atoms with E-state index in [9.17, 15) is 9.18 Å². The van der Waals surface area contributed by atoms with Gasteiger partial charge in [-0.15, -0.1) is 10.2 Å². The van der Waals surface area contributed by atoms with Crippen molar-refractivity contribution in [3.05, 3.63) is 51.7 Å². The van der Waals surface area contributed by atoms with Gasteiger partial charge in [0.15, 0.2) is 0 Å². The van der Waals surface area contributed by atoms with Crippen molar-refractivity contribution in [1.82, 2.24) is 14.8 Å². The van der Waals surface area contributed by atoms with Crippen molar-refractivity contribution >= 4 is 5.95 Å². The Morgan fingerprint density at radius 1 is 1.39 bits per heavy atom. The molecule has 1 aromatic carbocycles. The van der Waals surface area contributed by atoms with Crippen molar-refractivity contribution in [1.29, 1.82) is 0 Å². The molecular weight excluding hydrogens is 297 g/mol. The first-order valence-electron chi connectivity index (χ1n) is 7.73. The maximum Gasteiger partial charge on any atom is 0.276 e. The Bertz CT molecular complexity index is 760. The quantitative estimate of drug-likeness (QED) is 0.916. The van der Waals surface area contributed by atoms with E-state index in [0.29, 0.717) is 23.8 Å². The summed E-state index contributed by atoms with van der Waals surface area (Å²) in [7, 11) is 0. The molecular formula is C16H20FN5O. The van der Waals surface area contributed by atoms with Crippen LogP contribution in [0.25, 0.3) is 0 Å². The third kappa shape index (κ3) is 3.39. The normalized spacial score (nSPS) is 18.2. The summed E-state index contributed by atoms with van der Waals surface area (Å²) in [6, 6.07) is 6.29. The molecule has 0 amide bonds. The highest BCUT2D eigenvalue weighted by Crippen LogP contribution is 2.17. The van der Waals surface area contributed by atoms with Gasteiger partial charge in [0.25, 0.3) is 5.56 Å². The van der Waals surface area contributed by atoms with E-state index < -0.39 is 0 Å². The van der Waals surface area contributed by atoms with Crippen molar-refractivity contribution in [3.63, 3.8) is 0 Å². The molecule has 2 aromatic rings. The molecule has 0 spiro atoms. The van der Waals surface area contributed by atoms with Crippen molar-refractivity contribution in [3.8, 4) is 0 Å². The van der Waals surface area contributed by atoms with E-state index in [4.69, 9.17) is 5.73 Å². The summed E-state index contributed by atoms with van der Waals surface area (Å²) in [5.41, 5.74) is 6.85. The number of hydrogen-bond acceptors (Lipinski definition) is 5.